The zero-order chi connectivity index (χ0) is 23.8. The van der Waals surface area contributed by atoms with Gasteiger partial charge in [-0.2, -0.15) is 0 Å². The largest absolute Gasteiger partial charge is 0.325 e. The van der Waals surface area contributed by atoms with Gasteiger partial charge in [-0.15, -0.1) is 4.41 Å². The molecule has 0 radical (unpaired) electrons. The number of ketones is 1. The first-order valence-corrected chi connectivity index (χ1v) is 12.7. The molecule has 176 valence electrons. The minimum Gasteiger partial charge on any atom is -0.325 e. The van der Waals surface area contributed by atoms with Crippen LogP contribution in [0.25, 0.3) is 10.8 Å². The number of benzene rings is 3. The molecule has 1 heterocycles. The Kier molecular flexibility index (Phi) is 8.39. The molecule has 0 saturated heterocycles. The number of anilines is 1. The smallest absolute Gasteiger partial charge is 0.244 e. The van der Waals surface area contributed by atoms with Crippen LogP contribution in [0.15, 0.2) is 83.9 Å². The second-order valence-corrected chi connectivity index (χ2v) is 9.55. The van der Waals surface area contributed by atoms with Gasteiger partial charge in [-0.25, -0.2) is 0 Å². The van der Waals surface area contributed by atoms with Gasteiger partial charge in [0.05, 0.1) is 0 Å². The number of carbonyl (C=O) groups excluding carboxylic acids is 2. The molecule has 0 spiro atoms. The second kappa shape index (κ2) is 11.9. The van der Waals surface area contributed by atoms with E-state index in [0.29, 0.717) is 19.3 Å². The molecular formula is C28H31N3O2S. The van der Waals surface area contributed by atoms with Gasteiger partial charge in [0.2, 0.25) is 5.91 Å². The minimum absolute atomic E-state index is 0.0291. The fourth-order valence-electron chi connectivity index (χ4n) is 4.11. The van der Waals surface area contributed by atoms with Crippen LogP contribution in [0.4, 0.5) is 5.69 Å². The van der Waals surface area contributed by atoms with Crippen LogP contribution in [0.5, 0.6) is 0 Å². The number of amides is 1. The van der Waals surface area contributed by atoms with Gasteiger partial charge in [0.15, 0.2) is 0 Å². The molecule has 1 amide bonds. The van der Waals surface area contributed by atoms with Crippen LogP contribution < -0.4 is 10.7 Å². The predicted molar refractivity (Wildman–Crippen MR) is 141 cm³/mol. The second-order valence-electron chi connectivity index (χ2n) is 8.71. The van der Waals surface area contributed by atoms with E-state index in [9.17, 15) is 9.59 Å². The monoisotopic (exact) mass is 473 g/mol. The third-order valence-electron chi connectivity index (χ3n) is 5.91. The molecule has 0 saturated carbocycles. The average molecular weight is 474 g/mol. The standard InChI is InChI=1S/C28H31N3O2S/c1-21-20-34-31(30-21)27(15-7-3-6-14-26(32)18-22-10-4-2-5-11-22)28(33)29-25-17-16-23-12-8-9-13-24(23)19-25/h2,4-5,8-13,16-17,19-20,27,30H,3,6-7,14-15,18H2,1H3,(H,29,33). The van der Waals surface area contributed by atoms with Crippen molar-refractivity contribution < 1.29 is 9.59 Å². The maximum atomic E-state index is 13.2. The lowest BCUT2D eigenvalue weighted by molar-refractivity contribution is -0.120. The zero-order valence-electron chi connectivity index (χ0n) is 19.5. The highest BCUT2D eigenvalue weighted by Crippen LogP contribution is 2.26. The normalized spacial score (nSPS) is 14.4. The molecule has 4 rings (SSSR count). The van der Waals surface area contributed by atoms with E-state index in [4.69, 9.17) is 0 Å². The topological polar surface area (TPSA) is 61.4 Å². The molecule has 3 aromatic carbocycles. The third kappa shape index (κ3) is 6.72. The van der Waals surface area contributed by atoms with Crippen molar-refractivity contribution in [2.75, 3.05) is 5.32 Å². The Morgan fingerprint density at radius 1 is 0.941 bits per heavy atom. The van der Waals surface area contributed by atoms with E-state index in [2.05, 4.69) is 16.8 Å². The molecule has 6 heteroatoms. The summed E-state index contributed by atoms with van der Waals surface area (Å²) in [6.07, 6.45) is 4.45. The fraction of sp³-hybridized carbons (Fsp3) is 0.286. The number of unbranched alkanes of at least 4 members (excludes halogenated alkanes) is 2. The minimum atomic E-state index is -0.315. The molecule has 2 N–H and O–H groups in total. The number of carbonyl (C=O) groups is 2. The summed E-state index contributed by atoms with van der Waals surface area (Å²) in [5.74, 6) is 0.243. The Morgan fingerprint density at radius 3 is 2.47 bits per heavy atom. The van der Waals surface area contributed by atoms with E-state index < -0.39 is 0 Å². The molecule has 0 bridgehead atoms. The van der Waals surface area contributed by atoms with E-state index in [1.54, 1.807) is 0 Å². The first-order valence-electron chi connectivity index (χ1n) is 11.8. The lowest BCUT2D eigenvalue weighted by Gasteiger charge is -2.26. The highest BCUT2D eigenvalue weighted by Gasteiger charge is 2.28. The van der Waals surface area contributed by atoms with Gasteiger partial charge in [0, 0.05) is 29.6 Å². The Labute approximate surface area is 205 Å². The molecule has 34 heavy (non-hydrogen) atoms. The summed E-state index contributed by atoms with van der Waals surface area (Å²) in [5, 5.41) is 7.36. The Balaban J connectivity index is 1.29. The molecule has 1 aliphatic heterocycles. The zero-order valence-corrected chi connectivity index (χ0v) is 20.3. The van der Waals surface area contributed by atoms with Crippen LogP contribution >= 0.6 is 11.9 Å². The van der Waals surface area contributed by atoms with E-state index >= 15 is 0 Å². The highest BCUT2D eigenvalue weighted by molar-refractivity contribution is 8.00. The van der Waals surface area contributed by atoms with Crippen molar-refractivity contribution in [3.05, 3.63) is 89.5 Å². The van der Waals surface area contributed by atoms with Crippen molar-refractivity contribution in [1.29, 1.82) is 0 Å². The number of allylic oxidation sites excluding steroid dienone is 1. The van der Waals surface area contributed by atoms with Crippen LogP contribution in [0, 0.1) is 0 Å². The van der Waals surface area contributed by atoms with E-state index in [-0.39, 0.29) is 17.7 Å². The van der Waals surface area contributed by atoms with Crippen molar-refractivity contribution >= 4 is 40.1 Å². The molecule has 1 atom stereocenters. The molecule has 5 nitrogen and oxygen atoms in total. The molecular weight excluding hydrogens is 442 g/mol. The summed E-state index contributed by atoms with van der Waals surface area (Å²) in [6, 6.07) is 23.7. The van der Waals surface area contributed by atoms with Gasteiger partial charge in [0.1, 0.15) is 11.8 Å². The maximum Gasteiger partial charge on any atom is 0.244 e. The predicted octanol–water partition coefficient (Wildman–Crippen LogP) is 6.24. The first-order chi connectivity index (χ1) is 16.6. The molecule has 0 aromatic heterocycles. The lowest BCUT2D eigenvalue weighted by Crippen LogP contribution is -2.44. The third-order valence-corrected chi connectivity index (χ3v) is 6.94. The van der Waals surface area contributed by atoms with Gasteiger partial charge >= 0.3 is 0 Å². The van der Waals surface area contributed by atoms with Gasteiger partial charge in [-0.1, -0.05) is 73.5 Å². The molecule has 1 unspecified atom stereocenters. The molecule has 1 aliphatic rings. The van der Waals surface area contributed by atoms with Gasteiger partial charge < -0.3 is 10.7 Å². The Bertz CT molecular complexity index is 1160. The number of hydrogen-bond acceptors (Lipinski definition) is 5. The van der Waals surface area contributed by atoms with Crippen molar-refractivity contribution in [1.82, 2.24) is 9.84 Å². The number of nitrogens with zero attached hydrogens (tertiary/aromatic N) is 1. The molecule has 0 fully saturated rings. The summed E-state index contributed by atoms with van der Waals surface area (Å²) in [6.45, 7) is 1.99. The number of hydrogen-bond donors (Lipinski definition) is 2. The Hall–Kier alpha value is -3.09. The average Bonchev–Trinajstić information content (AvgIpc) is 3.27. The summed E-state index contributed by atoms with van der Waals surface area (Å²) < 4.78 is 1.92. The number of Topliss-reactive ketones (excluding diaryl/α,β-unsaturated/α-hetero) is 1. The van der Waals surface area contributed by atoms with Crippen LogP contribution in [0.1, 0.15) is 44.6 Å². The summed E-state index contributed by atoms with van der Waals surface area (Å²) in [5.41, 5.74) is 6.17. The number of rotatable bonds is 11. The molecule has 0 aliphatic carbocycles. The SMILES string of the molecule is CC1=CSN(C(CCCCCC(=O)Cc2ccccc2)C(=O)Nc2ccc3ccccc3c2)N1. The van der Waals surface area contributed by atoms with Crippen molar-refractivity contribution in [3.63, 3.8) is 0 Å². The van der Waals surface area contributed by atoms with Crippen molar-refractivity contribution in [2.45, 2.75) is 51.5 Å². The van der Waals surface area contributed by atoms with Gasteiger partial charge in [-0.05, 0) is 60.2 Å². The first kappa shape index (κ1) is 24.0. The summed E-state index contributed by atoms with van der Waals surface area (Å²) in [7, 11) is 0. The highest BCUT2D eigenvalue weighted by atomic mass is 32.2. The van der Waals surface area contributed by atoms with E-state index in [0.717, 1.165) is 47.0 Å². The van der Waals surface area contributed by atoms with E-state index in [1.807, 2.05) is 83.5 Å². The number of nitrogens with one attached hydrogen (secondary N) is 2. The number of hydrazine groups is 1. The maximum absolute atomic E-state index is 13.2. The van der Waals surface area contributed by atoms with Gasteiger partial charge in [-0.3, -0.25) is 9.59 Å². The van der Waals surface area contributed by atoms with Crippen LogP contribution in [0.2, 0.25) is 0 Å². The van der Waals surface area contributed by atoms with Crippen LogP contribution in [-0.4, -0.2) is 22.1 Å². The van der Waals surface area contributed by atoms with Crippen molar-refractivity contribution in [2.24, 2.45) is 0 Å². The fourth-order valence-corrected chi connectivity index (χ4v) is 4.98. The van der Waals surface area contributed by atoms with Gasteiger partial charge in [0.25, 0.3) is 0 Å². The van der Waals surface area contributed by atoms with E-state index in [1.165, 1.54) is 11.9 Å². The summed E-state index contributed by atoms with van der Waals surface area (Å²) in [4.78, 5) is 25.5. The lowest BCUT2D eigenvalue weighted by atomic mass is 10.0. The quantitative estimate of drug-likeness (QED) is 0.255. The van der Waals surface area contributed by atoms with Crippen molar-refractivity contribution in [3.8, 4) is 0 Å². The Morgan fingerprint density at radius 2 is 1.71 bits per heavy atom. The molecule has 3 aromatic rings. The summed E-state index contributed by atoms with van der Waals surface area (Å²) >= 11 is 1.52. The van der Waals surface area contributed by atoms with Crippen LogP contribution in [0.3, 0.4) is 0 Å². The van der Waals surface area contributed by atoms with Crippen LogP contribution in [-0.2, 0) is 16.0 Å². The number of fused-ring (bicyclic) bond motifs is 1.